The molecule has 0 aliphatic carbocycles. The first-order valence-corrected chi connectivity index (χ1v) is 7.17. The molecule has 0 radical (unpaired) electrons. The Morgan fingerprint density at radius 2 is 2.23 bits per heavy atom. The molecule has 1 atom stereocenters. The summed E-state index contributed by atoms with van der Waals surface area (Å²) in [5.74, 6) is 0.0821. The highest BCUT2D eigenvalue weighted by Crippen LogP contribution is 2.18. The van der Waals surface area contributed by atoms with E-state index in [2.05, 4.69) is 27.6 Å². The third-order valence-corrected chi connectivity index (χ3v) is 3.58. The van der Waals surface area contributed by atoms with E-state index >= 15 is 0 Å². The summed E-state index contributed by atoms with van der Waals surface area (Å²) in [6.45, 7) is 2.12. The molecular formula is C15H18N4O3. The third-order valence-electron chi connectivity index (χ3n) is 3.58. The molecule has 1 aliphatic rings. The van der Waals surface area contributed by atoms with E-state index in [0.29, 0.717) is 19.0 Å². The Bertz CT molecular complexity index is 629. The zero-order valence-electron chi connectivity index (χ0n) is 12.4. The van der Waals surface area contributed by atoms with Crippen LogP contribution in [-0.2, 0) is 11.3 Å². The van der Waals surface area contributed by atoms with Gasteiger partial charge in [-0.1, -0.05) is 30.3 Å². The fraction of sp³-hybridized carbons (Fsp3) is 0.400. The maximum atomic E-state index is 12.5. The van der Waals surface area contributed by atoms with E-state index in [-0.39, 0.29) is 24.4 Å². The van der Waals surface area contributed by atoms with Crippen molar-refractivity contribution >= 4 is 5.91 Å². The maximum Gasteiger partial charge on any atom is 0.311 e. The topological polar surface area (TPSA) is 80.5 Å². The molecule has 2 heterocycles. The number of rotatable bonds is 4. The monoisotopic (exact) mass is 302 g/mol. The number of piperazine rings is 1. The smallest absolute Gasteiger partial charge is 0.311 e. The molecule has 1 aromatic heterocycles. The predicted molar refractivity (Wildman–Crippen MR) is 78.1 cm³/mol. The van der Waals surface area contributed by atoms with Crippen molar-refractivity contribution in [2.75, 3.05) is 26.7 Å². The number of nitrogens with zero attached hydrogens (tertiary/aromatic N) is 3. The second-order valence-electron chi connectivity index (χ2n) is 5.10. The van der Waals surface area contributed by atoms with E-state index in [1.807, 2.05) is 18.2 Å². The van der Waals surface area contributed by atoms with E-state index in [4.69, 9.17) is 9.15 Å². The molecule has 1 saturated heterocycles. The molecule has 1 aliphatic heterocycles. The van der Waals surface area contributed by atoms with Gasteiger partial charge in [0.2, 0.25) is 5.89 Å². The maximum absolute atomic E-state index is 12.5. The van der Waals surface area contributed by atoms with Crippen LogP contribution in [0.5, 0.6) is 0 Å². The molecule has 2 aromatic rings. The van der Waals surface area contributed by atoms with Gasteiger partial charge < -0.3 is 19.4 Å². The standard InChI is InChI=1S/C15H18N4O3/c1-21-10-13-17-18-14(22-13)15(20)19-8-7-16-12(9-19)11-5-3-2-4-6-11/h2-6,12,16H,7-10H2,1H3/t12-/m0/s1. The molecule has 1 fully saturated rings. The van der Waals surface area contributed by atoms with Gasteiger partial charge >= 0.3 is 11.8 Å². The molecule has 1 aromatic carbocycles. The molecule has 0 unspecified atom stereocenters. The van der Waals surface area contributed by atoms with Crippen LogP contribution in [0.4, 0.5) is 0 Å². The zero-order chi connectivity index (χ0) is 15.4. The van der Waals surface area contributed by atoms with Crippen molar-refractivity contribution in [1.82, 2.24) is 20.4 Å². The Morgan fingerprint density at radius 1 is 1.41 bits per heavy atom. The first-order valence-electron chi connectivity index (χ1n) is 7.17. The number of aromatic nitrogens is 2. The molecule has 7 heteroatoms. The van der Waals surface area contributed by atoms with Crippen LogP contribution in [0.25, 0.3) is 0 Å². The van der Waals surface area contributed by atoms with E-state index in [9.17, 15) is 4.79 Å². The SMILES string of the molecule is COCc1nnc(C(=O)N2CCN[C@H](c3ccccc3)C2)o1. The highest BCUT2D eigenvalue weighted by Gasteiger charge is 2.28. The van der Waals surface area contributed by atoms with Gasteiger partial charge in [-0.3, -0.25) is 4.79 Å². The van der Waals surface area contributed by atoms with E-state index in [0.717, 1.165) is 12.1 Å². The van der Waals surface area contributed by atoms with Crippen molar-refractivity contribution in [3.63, 3.8) is 0 Å². The second kappa shape index (κ2) is 6.67. The zero-order valence-corrected chi connectivity index (χ0v) is 12.4. The number of hydrogen-bond donors (Lipinski definition) is 1. The van der Waals surface area contributed by atoms with Crippen molar-refractivity contribution in [2.45, 2.75) is 12.6 Å². The van der Waals surface area contributed by atoms with Crippen LogP contribution < -0.4 is 5.32 Å². The minimum atomic E-state index is -0.239. The molecule has 116 valence electrons. The molecule has 0 spiro atoms. The van der Waals surface area contributed by atoms with Gasteiger partial charge in [0.1, 0.15) is 6.61 Å². The quantitative estimate of drug-likeness (QED) is 0.907. The number of hydrogen-bond acceptors (Lipinski definition) is 6. The Morgan fingerprint density at radius 3 is 3.00 bits per heavy atom. The molecule has 1 N–H and O–H groups in total. The fourth-order valence-corrected chi connectivity index (χ4v) is 2.50. The summed E-state index contributed by atoms with van der Waals surface area (Å²) in [4.78, 5) is 14.2. The highest BCUT2D eigenvalue weighted by atomic mass is 16.5. The van der Waals surface area contributed by atoms with Gasteiger partial charge in [-0.25, -0.2) is 0 Å². The highest BCUT2D eigenvalue weighted by molar-refractivity contribution is 5.89. The van der Waals surface area contributed by atoms with Gasteiger partial charge in [-0.2, -0.15) is 0 Å². The van der Waals surface area contributed by atoms with Crippen molar-refractivity contribution in [2.24, 2.45) is 0 Å². The predicted octanol–water partition coefficient (Wildman–Crippen LogP) is 1.00. The molecule has 7 nitrogen and oxygen atoms in total. The van der Waals surface area contributed by atoms with Crippen LogP contribution in [0.2, 0.25) is 0 Å². The number of carbonyl (C=O) groups excluding carboxylic acids is 1. The Balaban J connectivity index is 1.69. The number of ether oxygens (including phenoxy) is 1. The van der Waals surface area contributed by atoms with Crippen molar-refractivity contribution < 1.29 is 13.9 Å². The van der Waals surface area contributed by atoms with E-state index in [1.54, 1.807) is 4.90 Å². The Kier molecular flexibility index (Phi) is 4.45. The second-order valence-corrected chi connectivity index (χ2v) is 5.10. The van der Waals surface area contributed by atoms with Crippen LogP contribution in [0, 0.1) is 0 Å². The number of methoxy groups -OCH3 is 1. The number of carbonyl (C=O) groups is 1. The van der Waals surface area contributed by atoms with Gasteiger partial charge in [0.05, 0.1) is 0 Å². The molecular weight excluding hydrogens is 284 g/mol. The van der Waals surface area contributed by atoms with Crippen molar-refractivity contribution in [3.8, 4) is 0 Å². The summed E-state index contributed by atoms with van der Waals surface area (Å²) < 4.78 is 10.2. The summed E-state index contributed by atoms with van der Waals surface area (Å²) in [6.07, 6.45) is 0. The van der Waals surface area contributed by atoms with Crippen LogP contribution in [0.3, 0.4) is 0 Å². The summed E-state index contributed by atoms with van der Waals surface area (Å²) in [6, 6.07) is 10.2. The molecule has 0 saturated carbocycles. The van der Waals surface area contributed by atoms with Gasteiger partial charge in [0, 0.05) is 32.8 Å². The fourth-order valence-electron chi connectivity index (χ4n) is 2.50. The Hall–Kier alpha value is -2.25. The molecule has 1 amide bonds. The van der Waals surface area contributed by atoms with Crippen LogP contribution in [0.15, 0.2) is 34.7 Å². The largest absolute Gasteiger partial charge is 0.414 e. The average molecular weight is 302 g/mol. The lowest BCUT2D eigenvalue weighted by Crippen LogP contribution is -2.48. The number of benzene rings is 1. The van der Waals surface area contributed by atoms with Crippen LogP contribution in [-0.4, -0.2) is 47.7 Å². The minimum absolute atomic E-state index is 0.0146. The third kappa shape index (κ3) is 3.15. The molecule has 0 bridgehead atoms. The van der Waals surface area contributed by atoms with Crippen molar-refractivity contribution in [3.05, 3.63) is 47.7 Å². The normalized spacial score (nSPS) is 18.4. The van der Waals surface area contributed by atoms with Gasteiger partial charge in [0.15, 0.2) is 0 Å². The molecule has 22 heavy (non-hydrogen) atoms. The molecule has 3 rings (SSSR count). The number of amides is 1. The first-order chi connectivity index (χ1) is 10.8. The first kappa shape index (κ1) is 14.7. The summed E-state index contributed by atoms with van der Waals surface area (Å²) in [7, 11) is 1.53. The van der Waals surface area contributed by atoms with Crippen molar-refractivity contribution in [1.29, 1.82) is 0 Å². The summed E-state index contributed by atoms with van der Waals surface area (Å²) >= 11 is 0. The summed E-state index contributed by atoms with van der Waals surface area (Å²) in [5.41, 5.74) is 1.16. The van der Waals surface area contributed by atoms with Crippen LogP contribution in [0.1, 0.15) is 28.2 Å². The lowest BCUT2D eigenvalue weighted by atomic mass is 10.0. The lowest BCUT2D eigenvalue weighted by Gasteiger charge is -2.33. The van der Waals surface area contributed by atoms with E-state index < -0.39 is 0 Å². The Labute approximate surface area is 128 Å². The van der Waals surface area contributed by atoms with Gasteiger partial charge in [-0.15, -0.1) is 10.2 Å². The lowest BCUT2D eigenvalue weighted by molar-refractivity contribution is 0.0655. The number of nitrogens with one attached hydrogen (secondary N) is 1. The van der Waals surface area contributed by atoms with E-state index in [1.165, 1.54) is 7.11 Å². The van der Waals surface area contributed by atoms with Gasteiger partial charge in [0.25, 0.3) is 0 Å². The minimum Gasteiger partial charge on any atom is -0.414 e. The summed E-state index contributed by atoms with van der Waals surface area (Å²) in [5, 5.41) is 11.0. The average Bonchev–Trinajstić information content (AvgIpc) is 3.04. The van der Waals surface area contributed by atoms with Gasteiger partial charge in [-0.05, 0) is 5.56 Å². The van der Waals surface area contributed by atoms with Crippen LogP contribution >= 0.6 is 0 Å².